The molecule has 0 aromatic heterocycles. The number of carbonyl (C=O) groups is 2. The third-order valence-corrected chi connectivity index (χ3v) is 3.65. The Labute approximate surface area is 143 Å². The zero-order valence-electron chi connectivity index (χ0n) is 14.5. The summed E-state index contributed by atoms with van der Waals surface area (Å²) < 4.78 is 12.8. The maximum atomic E-state index is 12.8. The molecule has 1 atom stereocenters. The number of carbonyl (C=O) groups excluding carboxylic acids is 2. The minimum Gasteiger partial charge on any atom is -0.354 e. The van der Waals surface area contributed by atoms with E-state index in [4.69, 9.17) is 0 Å². The van der Waals surface area contributed by atoms with Crippen LogP contribution in [0.1, 0.15) is 51.5 Å². The summed E-state index contributed by atoms with van der Waals surface area (Å²) in [5.74, 6) is -0.462. The van der Waals surface area contributed by atoms with Crippen LogP contribution in [0.3, 0.4) is 0 Å². The summed E-state index contributed by atoms with van der Waals surface area (Å²) >= 11 is 0. The van der Waals surface area contributed by atoms with Crippen LogP contribution in [0.2, 0.25) is 0 Å². The van der Waals surface area contributed by atoms with Crippen molar-refractivity contribution in [2.45, 2.75) is 58.5 Å². The first-order chi connectivity index (χ1) is 11.6. The quantitative estimate of drug-likeness (QED) is 0.574. The fraction of sp³-hybridized carbons (Fsp3) is 0.556. The zero-order valence-corrected chi connectivity index (χ0v) is 14.5. The first kappa shape index (κ1) is 19.9. The lowest BCUT2D eigenvalue weighted by atomic mass is 10.1. The molecule has 0 aliphatic rings. The van der Waals surface area contributed by atoms with Crippen molar-refractivity contribution in [2.24, 2.45) is 0 Å². The van der Waals surface area contributed by atoms with Crippen LogP contribution in [0.25, 0.3) is 0 Å². The molecule has 3 N–H and O–H groups in total. The molecule has 0 bridgehead atoms. The summed E-state index contributed by atoms with van der Waals surface area (Å²) in [4.78, 5) is 24.1. The van der Waals surface area contributed by atoms with Crippen molar-refractivity contribution >= 4 is 11.9 Å². The molecule has 0 aliphatic heterocycles. The van der Waals surface area contributed by atoms with Gasteiger partial charge in [0.15, 0.2) is 0 Å². The Bertz CT molecular complexity index is 505. The van der Waals surface area contributed by atoms with Crippen molar-refractivity contribution in [1.82, 2.24) is 16.0 Å². The minimum absolute atomic E-state index is 0.148. The third kappa shape index (κ3) is 7.94. The van der Waals surface area contributed by atoms with Crippen LogP contribution in [-0.2, 0) is 11.3 Å². The smallest absolute Gasteiger partial charge is 0.315 e. The van der Waals surface area contributed by atoms with E-state index in [9.17, 15) is 14.0 Å². The van der Waals surface area contributed by atoms with Gasteiger partial charge < -0.3 is 16.0 Å². The maximum absolute atomic E-state index is 12.8. The van der Waals surface area contributed by atoms with Crippen molar-refractivity contribution in [3.05, 3.63) is 35.6 Å². The Morgan fingerprint density at radius 1 is 1.04 bits per heavy atom. The monoisotopic (exact) mass is 337 g/mol. The number of hydrogen-bond donors (Lipinski definition) is 3. The molecule has 0 spiro atoms. The molecule has 24 heavy (non-hydrogen) atoms. The Balaban J connectivity index is 2.40. The van der Waals surface area contributed by atoms with Gasteiger partial charge in [-0.2, -0.15) is 0 Å². The normalized spacial score (nSPS) is 11.6. The molecule has 1 rings (SSSR count). The molecular weight excluding hydrogens is 309 g/mol. The van der Waals surface area contributed by atoms with Crippen LogP contribution in [0.4, 0.5) is 9.18 Å². The molecule has 0 aliphatic carbocycles. The van der Waals surface area contributed by atoms with Crippen LogP contribution in [0, 0.1) is 5.82 Å². The molecule has 1 aromatic carbocycles. The molecule has 3 amide bonds. The van der Waals surface area contributed by atoms with E-state index < -0.39 is 12.1 Å². The summed E-state index contributed by atoms with van der Waals surface area (Å²) in [5.41, 5.74) is 0.794. The largest absolute Gasteiger partial charge is 0.354 e. The Morgan fingerprint density at radius 2 is 1.75 bits per heavy atom. The zero-order chi connectivity index (χ0) is 17.8. The van der Waals surface area contributed by atoms with Gasteiger partial charge in [-0.05, 0) is 30.5 Å². The highest BCUT2D eigenvalue weighted by Gasteiger charge is 2.19. The fourth-order valence-corrected chi connectivity index (χ4v) is 2.26. The van der Waals surface area contributed by atoms with E-state index in [1.165, 1.54) is 12.1 Å². The number of urea groups is 1. The molecule has 6 heteroatoms. The number of halogens is 1. The van der Waals surface area contributed by atoms with E-state index in [1.807, 2.05) is 6.92 Å². The van der Waals surface area contributed by atoms with Crippen LogP contribution < -0.4 is 16.0 Å². The topological polar surface area (TPSA) is 70.2 Å². The van der Waals surface area contributed by atoms with Gasteiger partial charge in [0, 0.05) is 13.1 Å². The predicted octanol–water partition coefficient (Wildman–Crippen LogP) is 3.10. The van der Waals surface area contributed by atoms with E-state index in [-0.39, 0.29) is 18.3 Å². The van der Waals surface area contributed by atoms with Gasteiger partial charge in [0.25, 0.3) is 0 Å². The predicted molar refractivity (Wildman–Crippen MR) is 93.0 cm³/mol. The summed E-state index contributed by atoms with van der Waals surface area (Å²) in [7, 11) is 0. The lowest BCUT2D eigenvalue weighted by molar-refractivity contribution is -0.123. The molecule has 0 saturated carbocycles. The number of nitrogens with one attached hydrogen (secondary N) is 3. The van der Waals surface area contributed by atoms with E-state index in [2.05, 4.69) is 22.9 Å². The van der Waals surface area contributed by atoms with Crippen LogP contribution in [0.15, 0.2) is 24.3 Å². The molecule has 0 saturated heterocycles. The lowest BCUT2D eigenvalue weighted by Gasteiger charge is -2.18. The van der Waals surface area contributed by atoms with Crippen LogP contribution >= 0.6 is 0 Å². The van der Waals surface area contributed by atoms with E-state index in [0.29, 0.717) is 13.0 Å². The van der Waals surface area contributed by atoms with Crippen molar-refractivity contribution in [2.75, 3.05) is 6.54 Å². The number of unbranched alkanes of at least 4 members (excludes halogenated alkanes) is 2. The minimum atomic E-state index is -0.537. The van der Waals surface area contributed by atoms with Gasteiger partial charge in [-0.15, -0.1) is 0 Å². The van der Waals surface area contributed by atoms with E-state index in [1.54, 1.807) is 12.1 Å². The molecule has 0 radical (unpaired) electrons. The average molecular weight is 337 g/mol. The Kier molecular flexibility index (Phi) is 9.49. The highest BCUT2D eigenvalue weighted by atomic mass is 19.1. The van der Waals surface area contributed by atoms with Gasteiger partial charge in [-0.3, -0.25) is 4.79 Å². The summed E-state index contributed by atoms with van der Waals surface area (Å²) in [6.45, 7) is 4.99. The van der Waals surface area contributed by atoms with Crippen LogP contribution in [-0.4, -0.2) is 24.5 Å². The van der Waals surface area contributed by atoms with Crippen LogP contribution in [0.5, 0.6) is 0 Å². The van der Waals surface area contributed by atoms with Crippen molar-refractivity contribution in [3.8, 4) is 0 Å². The van der Waals surface area contributed by atoms with Gasteiger partial charge in [0.2, 0.25) is 5.91 Å². The van der Waals surface area contributed by atoms with Gasteiger partial charge in [0.1, 0.15) is 11.9 Å². The Morgan fingerprint density at radius 3 is 2.38 bits per heavy atom. The Hall–Kier alpha value is -2.11. The number of rotatable bonds is 10. The van der Waals surface area contributed by atoms with E-state index in [0.717, 1.165) is 31.2 Å². The standard InChI is InChI=1S/C18H28FN3O2/c1-3-5-6-12-20-17(23)16(7-4-2)22-18(24)21-13-14-8-10-15(19)11-9-14/h8-11,16H,3-7,12-13H2,1-2H3,(H,20,23)(H2,21,22,24). The highest BCUT2D eigenvalue weighted by Crippen LogP contribution is 2.02. The molecule has 1 unspecified atom stereocenters. The molecule has 1 aromatic rings. The number of amides is 3. The second-order valence-electron chi connectivity index (χ2n) is 5.79. The highest BCUT2D eigenvalue weighted by molar-refractivity contribution is 5.86. The number of hydrogen-bond acceptors (Lipinski definition) is 2. The average Bonchev–Trinajstić information content (AvgIpc) is 2.57. The molecule has 5 nitrogen and oxygen atoms in total. The SMILES string of the molecule is CCCCCNC(=O)C(CCC)NC(=O)NCc1ccc(F)cc1. The first-order valence-corrected chi connectivity index (χ1v) is 8.63. The maximum Gasteiger partial charge on any atom is 0.315 e. The summed E-state index contributed by atoms with van der Waals surface area (Å²) in [6, 6.07) is 4.97. The first-order valence-electron chi connectivity index (χ1n) is 8.63. The van der Waals surface area contributed by atoms with Gasteiger partial charge in [0.05, 0.1) is 0 Å². The fourth-order valence-electron chi connectivity index (χ4n) is 2.26. The van der Waals surface area contributed by atoms with Crippen molar-refractivity contribution in [1.29, 1.82) is 0 Å². The summed E-state index contributed by atoms with van der Waals surface area (Å²) in [5, 5.41) is 8.25. The van der Waals surface area contributed by atoms with E-state index >= 15 is 0 Å². The second-order valence-corrected chi connectivity index (χ2v) is 5.79. The van der Waals surface area contributed by atoms with Crippen molar-refractivity contribution < 1.29 is 14.0 Å². The molecule has 0 fully saturated rings. The summed E-state index contributed by atoms with van der Waals surface area (Å²) in [6.07, 6.45) is 4.50. The van der Waals surface area contributed by atoms with Gasteiger partial charge in [-0.25, -0.2) is 9.18 Å². The third-order valence-electron chi connectivity index (χ3n) is 3.65. The van der Waals surface area contributed by atoms with Gasteiger partial charge >= 0.3 is 6.03 Å². The van der Waals surface area contributed by atoms with Gasteiger partial charge in [-0.1, -0.05) is 45.2 Å². The molecular formula is C18H28FN3O2. The number of benzene rings is 1. The van der Waals surface area contributed by atoms with Crippen molar-refractivity contribution in [3.63, 3.8) is 0 Å². The lowest BCUT2D eigenvalue weighted by Crippen LogP contribution is -2.50. The molecule has 134 valence electrons. The second kappa shape index (κ2) is 11.4. The molecule has 0 heterocycles.